The molecule has 0 aromatic heterocycles. The number of aliphatic imine (C=N–C) groups is 1. The van der Waals surface area contributed by atoms with E-state index < -0.39 is 0 Å². The minimum Gasteiger partial charge on any atom is -0.363 e. The maximum atomic E-state index is 13.3. The average molecular weight is 375 g/mol. The summed E-state index contributed by atoms with van der Waals surface area (Å²) in [5.41, 5.74) is 1.09. The highest BCUT2D eigenvalue weighted by molar-refractivity contribution is 6.30. The highest BCUT2D eigenvalue weighted by Gasteiger charge is 2.44. The van der Waals surface area contributed by atoms with Crippen molar-refractivity contribution in [2.75, 3.05) is 33.7 Å². The van der Waals surface area contributed by atoms with Crippen molar-refractivity contribution in [2.24, 2.45) is 16.8 Å². The predicted molar refractivity (Wildman–Crippen MR) is 104 cm³/mol. The molecule has 1 aromatic carbocycles. The van der Waals surface area contributed by atoms with Crippen LogP contribution in [0.15, 0.2) is 29.3 Å². The number of hydrogen-bond acceptors (Lipinski definition) is 4. The lowest BCUT2D eigenvalue weighted by atomic mass is 10.0. The molecule has 3 atom stereocenters. The number of amides is 1. The summed E-state index contributed by atoms with van der Waals surface area (Å²) in [5, 5.41) is 0.721. The normalized spacial score (nSPS) is 30.8. The van der Waals surface area contributed by atoms with Gasteiger partial charge in [0.15, 0.2) is 0 Å². The number of carbonyl (C=O) groups excluding carboxylic acids is 1. The van der Waals surface area contributed by atoms with Gasteiger partial charge in [-0.1, -0.05) is 23.7 Å². The molecule has 1 amide bonds. The minimum absolute atomic E-state index is 0.156. The summed E-state index contributed by atoms with van der Waals surface area (Å²) in [6, 6.07) is 7.90. The summed E-state index contributed by atoms with van der Waals surface area (Å²) < 4.78 is 0. The quantitative estimate of drug-likeness (QED) is 0.812. The van der Waals surface area contributed by atoms with Gasteiger partial charge in [0.1, 0.15) is 6.04 Å². The standard InChI is InChI=1S/C20H27ClN4O/c1-23-10-15-7-18(8-16(15)11-23)25(9-14-4-3-5-17(21)6-14)20(26)19-12-24(2)13-22-19/h3-6,13,15-16,18-19H,7-12H2,1-2H3. The van der Waals surface area contributed by atoms with E-state index in [-0.39, 0.29) is 11.9 Å². The van der Waals surface area contributed by atoms with Crippen molar-refractivity contribution in [2.45, 2.75) is 31.5 Å². The SMILES string of the molecule is CN1C=NC(C(=O)N(Cc2cccc(Cl)c2)C2CC3CN(C)CC3C2)C1. The number of benzene rings is 1. The molecule has 6 heteroatoms. The van der Waals surface area contributed by atoms with E-state index in [0.717, 1.165) is 48.4 Å². The molecule has 1 saturated heterocycles. The molecule has 1 aromatic rings. The number of halogens is 1. The molecule has 140 valence electrons. The fraction of sp³-hybridized carbons (Fsp3) is 0.600. The van der Waals surface area contributed by atoms with Crippen LogP contribution < -0.4 is 0 Å². The molecule has 2 aliphatic heterocycles. The highest BCUT2D eigenvalue weighted by atomic mass is 35.5. The predicted octanol–water partition coefficient (Wildman–Crippen LogP) is 2.35. The Kier molecular flexibility index (Phi) is 4.93. The molecule has 26 heavy (non-hydrogen) atoms. The summed E-state index contributed by atoms with van der Waals surface area (Å²) in [7, 11) is 4.17. The van der Waals surface area contributed by atoms with Gasteiger partial charge in [-0.15, -0.1) is 0 Å². The number of nitrogens with zero attached hydrogens (tertiary/aromatic N) is 4. The van der Waals surface area contributed by atoms with Gasteiger partial charge in [0.05, 0.1) is 6.34 Å². The minimum atomic E-state index is -0.276. The Bertz CT molecular complexity index is 695. The average Bonchev–Trinajstić information content (AvgIpc) is 3.26. The van der Waals surface area contributed by atoms with Gasteiger partial charge in [-0.2, -0.15) is 0 Å². The van der Waals surface area contributed by atoms with Crippen molar-refractivity contribution in [3.8, 4) is 0 Å². The Morgan fingerprint density at radius 3 is 2.58 bits per heavy atom. The van der Waals surface area contributed by atoms with Crippen molar-refractivity contribution in [3.63, 3.8) is 0 Å². The van der Waals surface area contributed by atoms with Gasteiger partial charge in [-0.25, -0.2) is 0 Å². The summed E-state index contributed by atoms with van der Waals surface area (Å²) in [4.78, 5) is 24.2. The van der Waals surface area contributed by atoms with E-state index in [1.807, 2.05) is 30.1 Å². The number of fused-ring (bicyclic) bond motifs is 1. The third kappa shape index (κ3) is 3.60. The topological polar surface area (TPSA) is 39.2 Å². The number of rotatable bonds is 4. The van der Waals surface area contributed by atoms with Crippen molar-refractivity contribution in [1.29, 1.82) is 0 Å². The first-order valence-electron chi connectivity index (χ1n) is 9.46. The molecule has 1 saturated carbocycles. The maximum absolute atomic E-state index is 13.3. The van der Waals surface area contributed by atoms with Crippen molar-refractivity contribution >= 4 is 23.8 Å². The van der Waals surface area contributed by atoms with Gasteiger partial charge in [-0.05, 0) is 49.4 Å². The molecular formula is C20H27ClN4O. The fourth-order valence-corrected chi connectivity index (χ4v) is 5.08. The first-order valence-corrected chi connectivity index (χ1v) is 9.84. The van der Waals surface area contributed by atoms with Crippen LogP contribution in [0.4, 0.5) is 0 Å². The van der Waals surface area contributed by atoms with Crippen molar-refractivity contribution in [3.05, 3.63) is 34.9 Å². The van der Waals surface area contributed by atoms with Crippen molar-refractivity contribution < 1.29 is 4.79 Å². The largest absolute Gasteiger partial charge is 0.363 e. The van der Waals surface area contributed by atoms with Crippen LogP contribution >= 0.6 is 11.6 Å². The molecule has 0 spiro atoms. The fourth-order valence-electron chi connectivity index (χ4n) is 4.87. The lowest BCUT2D eigenvalue weighted by Crippen LogP contribution is -2.45. The second-order valence-electron chi connectivity index (χ2n) is 8.18. The Labute approximate surface area is 160 Å². The molecule has 3 aliphatic rings. The van der Waals surface area contributed by atoms with Crippen LogP contribution in [0.25, 0.3) is 0 Å². The first-order chi connectivity index (χ1) is 12.5. The number of hydrogen-bond donors (Lipinski definition) is 0. The summed E-state index contributed by atoms with van der Waals surface area (Å²) in [6.45, 7) is 3.61. The lowest BCUT2D eigenvalue weighted by molar-refractivity contribution is -0.135. The van der Waals surface area contributed by atoms with Crippen LogP contribution in [0.3, 0.4) is 0 Å². The van der Waals surface area contributed by atoms with Gasteiger partial charge in [0.25, 0.3) is 0 Å². The van der Waals surface area contributed by atoms with Gasteiger partial charge in [-0.3, -0.25) is 9.79 Å². The van der Waals surface area contributed by atoms with E-state index in [1.165, 1.54) is 0 Å². The molecule has 5 nitrogen and oxygen atoms in total. The number of likely N-dealkylation sites (tertiary alicyclic amines) is 1. The van der Waals surface area contributed by atoms with E-state index in [4.69, 9.17) is 11.6 Å². The smallest absolute Gasteiger partial charge is 0.249 e. The third-order valence-electron chi connectivity index (χ3n) is 6.06. The molecule has 0 radical (unpaired) electrons. The van der Waals surface area contributed by atoms with Crippen LogP contribution in [-0.2, 0) is 11.3 Å². The molecule has 4 rings (SSSR count). The van der Waals surface area contributed by atoms with Crippen molar-refractivity contribution in [1.82, 2.24) is 14.7 Å². The van der Waals surface area contributed by atoms with E-state index >= 15 is 0 Å². The Morgan fingerprint density at radius 2 is 1.96 bits per heavy atom. The summed E-state index contributed by atoms with van der Waals surface area (Å²) in [5.74, 6) is 1.59. The van der Waals surface area contributed by atoms with Gasteiger partial charge < -0.3 is 14.7 Å². The van der Waals surface area contributed by atoms with Crippen LogP contribution in [0.1, 0.15) is 18.4 Å². The van der Waals surface area contributed by atoms with E-state index in [1.54, 1.807) is 6.34 Å². The van der Waals surface area contributed by atoms with Crippen LogP contribution in [0.5, 0.6) is 0 Å². The molecular weight excluding hydrogens is 348 g/mol. The second kappa shape index (κ2) is 7.20. The molecule has 2 heterocycles. The number of likely N-dealkylation sites (N-methyl/N-ethyl adjacent to an activating group) is 1. The van der Waals surface area contributed by atoms with Crippen LogP contribution in [0.2, 0.25) is 5.02 Å². The summed E-state index contributed by atoms with van der Waals surface area (Å²) >= 11 is 6.17. The Hall–Kier alpha value is -1.59. The maximum Gasteiger partial charge on any atom is 0.249 e. The third-order valence-corrected chi connectivity index (χ3v) is 6.30. The van der Waals surface area contributed by atoms with E-state index in [2.05, 4.69) is 27.9 Å². The molecule has 2 fully saturated rings. The Morgan fingerprint density at radius 1 is 1.23 bits per heavy atom. The van der Waals surface area contributed by atoms with Gasteiger partial charge in [0, 0.05) is 44.3 Å². The lowest BCUT2D eigenvalue weighted by Gasteiger charge is -2.32. The number of carbonyl (C=O) groups is 1. The van der Waals surface area contributed by atoms with Gasteiger partial charge >= 0.3 is 0 Å². The van der Waals surface area contributed by atoms with E-state index in [9.17, 15) is 4.79 Å². The zero-order valence-corrected chi connectivity index (χ0v) is 16.3. The highest BCUT2D eigenvalue weighted by Crippen LogP contribution is 2.40. The first kappa shape index (κ1) is 17.8. The van der Waals surface area contributed by atoms with Crippen LogP contribution in [-0.4, -0.2) is 72.8 Å². The van der Waals surface area contributed by atoms with Crippen LogP contribution in [0, 0.1) is 11.8 Å². The second-order valence-corrected chi connectivity index (χ2v) is 8.62. The zero-order valence-electron chi connectivity index (χ0n) is 15.5. The Balaban J connectivity index is 1.53. The summed E-state index contributed by atoms with van der Waals surface area (Å²) in [6.07, 6.45) is 3.99. The molecule has 3 unspecified atom stereocenters. The molecule has 0 N–H and O–H groups in total. The van der Waals surface area contributed by atoms with Gasteiger partial charge in [0.2, 0.25) is 5.91 Å². The molecule has 1 aliphatic carbocycles. The zero-order chi connectivity index (χ0) is 18.3. The monoisotopic (exact) mass is 374 g/mol. The van der Waals surface area contributed by atoms with E-state index in [0.29, 0.717) is 19.1 Å². The molecule has 0 bridgehead atoms.